The smallest absolute Gasteiger partial charge is 0.326 e. The zero-order valence-corrected chi connectivity index (χ0v) is 30.6. The fourth-order valence-electron chi connectivity index (χ4n) is 4.67. The molecule has 0 saturated heterocycles. The second-order valence-electron chi connectivity index (χ2n) is 12.2. The van der Waals surface area contributed by atoms with Crippen LogP contribution < -0.4 is 21.3 Å². The van der Waals surface area contributed by atoms with Crippen LogP contribution in [-0.4, -0.2) is 124 Å². The van der Waals surface area contributed by atoms with E-state index in [4.69, 9.17) is 24.1 Å². The second-order valence-corrected chi connectivity index (χ2v) is 12.2. The summed E-state index contributed by atoms with van der Waals surface area (Å²) in [5.74, 6) is -3.12. The maximum Gasteiger partial charge on any atom is 0.326 e. The lowest BCUT2D eigenvalue weighted by Gasteiger charge is -2.14. The van der Waals surface area contributed by atoms with E-state index in [1.807, 2.05) is 6.92 Å². The third-order valence-corrected chi connectivity index (χ3v) is 7.54. The van der Waals surface area contributed by atoms with Gasteiger partial charge in [-0.1, -0.05) is 64.7 Å². The van der Waals surface area contributed by atoms with Gasteiger partial charge in [0, 0.05) is 38.9 Å². The Morgan fingerprint density at radius 3 is 1.47 bits per heavy atom. The molecule has 1 unspecified atom stereocenters. The number of aliphatic carboxylic acids is 2. The Morgan fingerprint density at radius 1 is 0.490 bits per heavy atom. The topological polar surface area (TPSA) is 228 Å². The zero-order valence-electron chi connectivity index (χ0n) is 30.6. The molecule has 0 rings (SSSR count). The highest BCUT2D eigenvalue weighted by Gasteiger charge is 2.21. The molecule has 0 fully saturated rings. The van der Waals surface area contributed by atoms with Crippen molar-refractivity contribution >= 4 is 35.6 Å². The van der Waals surface area contributed by atoms with E-state index in [1.54, 1.807) is 0 Å². The molecule has 0 aromatic rings. The molecule has 0 spiro atoms. The summed E-state index contributed by atoms with van der Waals surface area (Å²) >= 11 is 0. The number of unbranched alkanes of at least 4 members (excludes halogenated alkanes) is 10. The molecule has 0 bridgehead atoms. The monoisotopic (exact) mass is 732 g/mol. The average molecular weight is 733 g/mol. The van der Waals surface area contributed by atoms with Gasteiger partial charge < -0.3 is 50.4 Å². The largest absolute Gasteiger partial charge is 0.481 e. The van der Waals surface area contributed by atoms with Crippen LogP contribution in [-0.2, 0) is 47.7 Å². The van der Waals surface area contributed by atoms with Gasteiger partial charge in [-0.2, -0.15) is 0 Å². The summed E-state index contributed by atoms with van der Waals surface area (Å²) in [6.45, 7) is 4.06. The number of carboxylic acid groups (broad SMARTS) is 2. The molecule has 1 atom stereocenters. The summed E-state index contributed by atoms with van der Waals surface area (Å²) in [7, 11) is 0. The Morgan fingerprint density at radius 2 is 0.941 bits per heavy atom. The molecule has 0 radical (unpaired) electrons. The van der Waals surface area contributed by atoms with Gasteiger partial charge in [0.1, 0.15) is 19.3 Å². The second kappa shape index (κ2) is 35.1. The van der Waals surface area contributed by atoms with Crippen LogP contribution in [0.1, 0.15) is 110 Å². The van der Waals surface area contributed by atoms with E-state index in [2.05, 4.69) is 21.3 Å². The summed E-state index contributed by atoms with van der Waals surface area (Å²) in [5.41, 5.74) is 0. The van der Waals surface area contributed by atoms with Gasteiger partial charge in [-0.3, -0.25) is 24.0 Å². The van der Waals surface area contributed by atoms with E-state index in [-0.39, 0.29) is 83.2 Å². The molecule has 296 valence electrons. The zero-order chi connectivity index (χ0) is 37.8. The van der Waals surface area contributed by atoms with Gasteiger partial charge in [0.05, 0.1) is 39.6 Å². The van der Waals surface area contributed by atoms with E-state index >= 15 is 0 Å². The first-order chi connectivity index (χ1) is 24.6. The molecular weight excluding hydrogens is 668 g/mol. The summed E-state index contributed by atoms with van der Waals surface area (Å²) < 4.78 is 21.2. The van der Waals surface area contributed by atoms with Gasteiger partial charge in [0.15, 0.2) is 0 Å². The van der Waals surface area contributed by atoms with Gasteiger partial charge in [-0.25, -0.2) is 4.79 Å². The predicted molar refractivity (Wildman–Crippen MR) is 189 cm³/mol. The molecule has 16 heteroatoms. The molecule has 51 heavy (non-hydrogen) atoms. The summed E-state index contributed by atoms with van der Waals surface area (Å²) in [5, 5.41) is 28.4. The Kier molecular flexibility index (Phi) is 32.8. The number of nitrogens with one attached hydrogen (secondary N) is 4. The van der Waals surface area contributed by atoms with Crippen LogP contribution >= 0.6 is 0 Å². The van der Waals surface area contributed by atoms with Crippen molar-refractivity contribution in [2.45, 2.75) is 116 Å². The van der Waals surface area contributed by atoms with Crippen LogP contribution in [0.25, 0.3) is 0 Å². The van der Waals surface area contributed by atoms with Crippen molar-refractivity contribution in [3.05, 3.63) is 0 Å². The number of hydrogen-bond acceptors (Lipinski definition) is 10. The Hall–Kier alpha value is -3.34. The Labute approximate surface area is 302 Å². The van der Waals surface area contributed by atoms with Crippen LogP contribution in [0.5, 0.6) is 0 Å². The Bertz CT molecular complexity index is 954. The first kappa shape index (κ1) is 47.7. The molecule has 0 saturated carbocycles. The molecule has 0 aliphatic rings. The minimum Gasteiger partial charge on any atom is -0.481 e. The predicted octanol–water partition coefficient (Wildman–Crippen LogP) is 2.32. The molecule has 4 amide bonds. The highest BCUT2D eigenvalue weighted by Crippen LogP contribution is 2.12. The van der Waals surface area contributed by atoms with Crippen LogP contribution in [0.3, 0.4) is 0 Å². The summed E-state index contributed by atoms with van der Waals surface area (Å²) in [6.07, 6.45) is 13.0. The van der Waals surface area contributed by atoms with Crippen molar-refractivity contribution in [3.8, 4) is 0 Å². The fraction of sp³-hybridized carbons (Fsp3) is 0.829. The van der Waals surface area contributed by atoms with Crippen LogP contribution in [0, 0.1) is 0 Å². The summed E-state index contributed by atoms with van der Waals surface area (Å²) in [6, 6.07) is -1.19. The highest BCUT2D eigenvalue weighted by atomic mass is 16.5. The van der Waals surface area contributed by atoms with Crippen LogP contribution in [0.4, 0.5) is 0 Å². The van der Waals surface area contributed by atoms with E-state index in [1.165, 1.54) is 12.8 Å². The van der Waals surface area contributed by atoms with Crippen LogP contribution in [0.15, 0.2) is 0 Å². The van der Waals surface area contributed by atoms with Crippen molar-refractivity contribution < 1.29 is 57.9 Å². The number of ether oxygens (including phenoxy) is 4. The van der Waals surface area contributed by atoms with Gasteiger partial charge in [-0.15, -0.1) is 0 Å². The molecule has 0 aromatic carbocycles. The maximum atomic E-state index is 12.0. The van der Waals surface area contributed by atoms with Crippen molar-refractivity contribution in [1.29, 1.82) is 0 Å². The van der Waals surface area contributed by atoms with Gasteiger partial charge in [0.25, 0.3) is 0 Å². The van der Waals surface area contributed by atoms with Gasteiger partial charge in [0.2, 0.25) is 23.6 Å². The number of hydrogen-bond donors (Lipinski definition) is 6. The normalized spacial score (nSPS) is 11.5. The molecule has 0 aliphatic heterocycles. The minimum atomic E-state index is -1.23. The number of carbonyl (C=O) groups excluding carboxylic acids is 4. The lowest BCUT2D eigenvalue weighted by atomic mass is 10.1. The molecule has 6 N–H and O–H groups in total. The van der Waals surface area contributed by atoms with Crippen molar-refractivity contribution in [2.75, 3.05) is 72.5 Å². The third-order valence-electron chi connectivity index (χ3n) is 7.54. The summed E-state index contributed by atoms with van der Waals surface area (Å²) in [4.78, 5) is 69.4. The van der Waals surface area contributed by atoms with Gasteiger partial charge in [-0.05, 0) is 25.7 Å². The van der Waals surface area contributed by atoms with Crippen molar-refractivity contribution in [1.82, 2.24) is 21.3 Å². The van der Waals surface area contributed by atoms with Gasteiger partial charge >= 0.3 is 11.9 Å². The standard InChI is InChI=1S/C35H64N4O12/c1-2-3-18-36-31(41)17-16-29(35(46)47)39-33(43)28-51-26-24-49-22-20-38-32(42)27-50-25-23-48-21-19-37-30(40)14-12-10-8-6-4-5-7-9-11-13-15-34(44)45/h29H,2-28H2,1H3,(H,36,41)(H,37,40)(H,38,42)(H,39,43)(H,44,45)(H,46,47). The van der Waals surface area contributed by atoms with Crippen LogP contribution in [0.2, 0.25) is 0 Å². The number of amides is 4. The first-order valence-corrected chi connectivity index (χ1v) is 18.5. The molecule has 0 heterocycles. The van der Waals surface area contributed by atoms with E-state index in [9.17, 15) is 33.9 Å². The number of carboxylic acids is 2. The van der Waals surface area contributed by atoms with Crippen molar-refractivity contribution in [3.63, 3.8) is 0 Å². The molecule has 0 aliphatic carbocycles. The minimum absolute atomic E-state index is 0.00977. The van der Waals surface area contributed by atoms with E-state index < -0.39 is 23.9 Å². The molecule has 0 aromatic heterocycles. The maximum absolute atomic E-state index is 12.0. The lowest BCUT2D eigenvalue weighted by molar-refractivity contribution is -0.143. The Balaban J connectivity index is 3.53. The quantitative estimate of drug-likeness (QED) is 0.0506. The first-order valence-electron chi connectivity index (χ1n) is 18.5. The van der Waals surface area contributed by atoms with E-state index in [0.29, 0.717) is 32.7 Å². The number of rotatable bonds is 37. The van der Waals surface area contributed by atoms with Crippen molar-refractivity contribution in [2.24, 2.45) is 0 Å². The third kappa shape index (κ3) is 34.9. The SMILES string of the molecule is CCCCNC(=O)CCC(NC(=O)COCCOCCNC(=O)COCCOCCNC(=O)CCCCCCCCCCCCC(=O)O)C(=O)O. The highest BCUT2D eigenvalue weighted by molar-refractivity contribution is 5.85. The fourth-order valence-corrected chi connectivity index (χ4v) is 4.67. The number of carbonyl (C=O) groups is 6. The molecular formula is C35H64N4O12. The van der Waals surface area contributed by atoms with E-state index in [0.717, 1.165) is 64.2 Å². The molecule has 16 nitrogen and oxygen atoms in total. The lowest BCUT2D eigenvalue weighted by Crippen LogP contribution is -2.43. The average Bonchev–Trinajstić information content (AvgIpc) is 3.09.